The smallest absolute Gasteiger partial charge is 0.314 e. The number of hydrogen-bond donors (Lipinski definition) is 2. The zero-order valence-electron chi connectivity index (χ0n) is 11.3. The summed E-state index contributed by atoms with van der Waals surface area (Å²) in [4.78, 5) is 14.0. The number of carboxylic acid groups (broad SMARTS) is 1. The van der Waals surface area contributed by atoms with Gasteiger partial charge in [-0.1, -0.05) is 12.1 Å². The fourth-order valence-corrected chi connectivity index (χ4v) is 2.74. The van der Waals surface area contributed by atoms with Crippen LogP contribution in [0.15, 0.2) is 18.2 Å². The number of nitrogen functional groups attached to an aromatic ring is 1. The fraction of sp³-hybridized carbons (Fsp3) is 0.500. The number of hydrogen-bond acceptors (Lipinski definition) is 4. The van der Waals surface area contributed by atoms with Gasteiger partial charge in [0.05, 0.1) is 18.2 Å². The van der Waals surface area contributed by atoms with E-state index in [1.54, 1.807) is 18.2 Å². The lowest BCUT2D eigenvalue weighted by molar-refractivity contribution is -0.145. The van der Waals surface area contributed by atoms with Crippen molar-refractivity contribution in [1.29, 1.82) is 0 Å². The number of rotatable bonds is 3. The number of benzene rings is 1. The molecule has 0 spiro atoms. The first kappa shape index (κ1) is 13.7. The molecule has 104 valence electrons. The second kappa shape index (κ2) is 5.09. The second-order valence-corrected chi connectivity index (χ2v) is 5.11. The van der Waals surface area contributed by atoms with E-state index in [0.717, 1.165) is 13.1 Å². The van der Waals surface area contributed by atoms with E-state index in [9.17, 15) is 9.90 Å². The van der Waals surface area contributed by atoms with Crippen LogP contribution in [0, 0.1) is 0 Å². The molecule has 0 unspecified atom stereocenters. The second-order valence-electron chi connectivity index (χ2n) is 5.11. The topological polar surface area (TPSA) is 75.8 Å². The van der Waals surface area contributed by atoms with Crippen LogP contribution in [0.1, 0.15) is 18.4 Å². The van der Waals surface area contributed by atoms with Crippen LogP contribution in [-0.2, 0) is 10.2 Å². The number of aliphatic carboxylic acids is 1. The third-order valence-electron chi connectivity index (χ3n) is 4.05. The van der Waals surface area contributed by atoms with Crippen LogP contribution in [0.3, 0.4) is 0 Å². The maximum absolute atomic E-state index is 11.8. The van der Waals surface area contributed by atoms with Gasteiger partial charge in [-0.25, -0.2) is 0 Å². The molecule has 0 atom stereocenters. The van der Waals surface area contributed by atoms with Crippen LogP contribution in [0.25, 0.3) is 0 Å². The molecule has 0 aromatic heterocycles. The van der Waals surface area contributed by atoms with Crippen molar-refractivity contribution >= 4 is 11.7 Å². The van der Waals surface area contributed by atoms with Crippen LogP contribution in [-0.4, -0.2) is 43.2 Å². The van der Waals surface area contributed by atoms with Crippen molar-refractivity contribution in [2.75, 3.05) is 33.0 Å². The summed E-state index contributed by atoms with van der Waals surface area (Å²) in [6.45, 7) is 1.51. The van der Waals surface area contributed by atoms with E-state index in [1.165, 1.54) is 7.11 Å². The number of piperidine rings is 1. The van der Waals surface area contributed by atoms with Gasteiger partial charge in [0.15, 0.2) is 0 Å². The van der Waals surface area contributed by atoms with Gasteiger partial charge in [-0.2, -0.15) is 0 Å². The molecule has 5 nitrogen and oxygen atoms in total. The van der Waals surface area contributed by atoms with Gasteiger partial charge >= 0.3 is 5.97 Å². The Morgan fingerprint density at radius 3 is 2.58 bits per heavy atom. The minimum absolute atomic E-state index is 0.442. The average Bonchev–Trinajstić information content (AvgIpc) is 2.40. The highest BCUT2D eigenvalue weighted by Crippen LogP contribution is 2.41. The summed E-state index contributed by atoms with van der Waals surface area (Å²) < 4.78 is 5.19. The molecule has 19 heavy (non-hydrogen) atoms. The van der Waals surface area contributed by atoms with Crippen molar-refractivity contribution in [2.45, 2.75) is 18.3 Å². The van der Waals surface area contributed by atoms with E-state index < -0.39 is 11.4 Å². The Labute approximate surface area is 113 Å². The molecule has 0 bridgehead atoms. The molecule has 0 aliphatic carbocycles. The minimum atomic E-state index is -0.898. The van der Waals surface area contributed by atoms with E-state index in [4.69, 9.17) is 10.5 Å². The number of carbonyl (C=O) groups is 1. The number of likely N-dealkylation sites (tertiary alicyclic amines) is 1. The molecule has 1 fully saturated rings. The number of carboxylic acids is 1. The van der Waals surface area contributed by atoms with E-state index in [-0.39, 0.29) is 0 Å². The maximum Gasteiger partial charge on any atom is 0.314 e. The Balaban J connectivity index is 2.48. The molecule has 0 amide bonds. The quantitative estimate of drug-likeness (QED) is 0.805. The normalized spacial score (nSPS) is 19.1. The third-order valence-corrected chi connectivity index (χ3v) is 4.05. The molecule has 1 aliphatic heterocycles. The summed E-state index contributed by atoms with van der Waals surface area (Å²) in [5.41, 5.74) is 6.30. The van der Waals surface area contributed by atoms with Gasteiger partial charge in [-0.3, -0.25) is 4.79 Å². The Hall–Kier alpha value is -1.75. The number of methoxy groups -OCH3 is 1. The molecular weight excluding hydrogens is 244 g/mol. The highest BCUT2D eigenvalue weighted by molar-refractivity contribution is 5.85. The third kappa shape index (κ3) is 2.26. The zero-order chi connectivity index (χ0) is 14.0. The monoisotopic (exact) mass is 264 g/mol. The number of para-hydroxylation sites is 1. The van der Waals surface area contributed by atoms with Crippen molar-refractivity contribution in [3.05, 3.63) is 23.8 Å². The van der Waals surface area contributed by atoms with E-state index >= 15 is 0 Å². The summed E-state index contributed by atoms with van der Waals surface area (Å²) >= 11 is 0. The molecular formula is C14H20N2O3. The highest BCUT2D eigenvalue weighted by Gasteiger charge is 2.44. The first-order valence-corrected chi connectivity index (χ1v) is 6.36. The van der Waals surface area contributed by atoms with Crippen molar-refractivity contribution in [2.24, 2.45) is 0 Å². The predicted molar refractivity (Wildman–Crippen MR) is 73.5 cm³/mol. The predicted octanol–water partition coefficient (Wildman–Crippen LogP) is 1.33. The van der Waals surface area contributed by atoms with Crippen molar-refractivity contribution in [1.82, 2.24) is 4.90 Å². The molecule has 2 rings (SSSR count). The Morgan fingerprint density at radius 1 is 1.42 bits per heavy atom. The highest BCUT2D eigenvalue weighted by atomic mass is 16.5. The number of ether oxygens (including phenoxy) is 1. The van der Waals surface area contributed by atoms with Gasteiger partial charge in [-0.15, -0.1) is 0 Å². The van der Waals surface area contributed by atoms with Crippen LogP contribution in [0.2, 0.25) is 0 Å². The van der Waals surface area contributed by atoms with Gasteiger partial charge in [0.25, 0.3) is 0 Å². The molecule has 5 heteroatoms. The van der Waals surface area contributed by atoms with Crippen LogP contribution >= 0.6 is 0 Å². The van der Waals surface area contributed by atoms with Gasteiger partial charge in [0.2, 0.25) is 0 Å². The average molecular weight is 264 g/mol. The number of nitrogens with two attached hydrogens (primary N) is 1. The molecule has 1 aromatic rings. The largest absolute Gasteiger partial charge is 0.495 e. The first-order chi connectivity index (χ1) is 9.01. The van der Waals surface area contributed by atoms with E-state index in [2.05, 4.69) is 4.90 Å². The van der Waals surface area contributed by atoms with Gasteiger partial charge in [0, 0.05) is 0 Å². The Morgan fingerprint density at radius 2 is 2.05 bits per heavy atom. The first-order valence-electron chi connectivity index (χ1n) is 6.36. The summed E-state index contributed by atoms with van der Waals surface area (Å²) in [6.07, 6.45) is 1.13. The van der Waals surface area contributed by atoms with Gasteiger partial charge in [-0.05, 0) is 44.6 Å². The summed E-state index contributed by atoms with van der Waals surface area (Å²) in [6, 6.07) is 5.36. The number of nitrogens with zero attached hydrogens (tertiary/aromatic N) is 1. The lowest BCUT2D eigenvalue weighted by Crippen LogP contribution is -2.46. The van der Waals surface area contributed by atoms with Crippen molar-refractivity contribution < 1.29 is 14.6 Å². The standard InChI is InChI=1S/C14H20N2O3/c1-16-8-6-14(7-9-16,13(17)18)10-4-3-5-11(19-2)12(10)15/h3-5H,6-9,15H2,1-2H3,(H,17,18). The maximum atomic E-state index is 11.8. The summed E-state index contributed by atoms with van der Waals surface area (Å²) in [5.74, 6) is -0.266. The van der Waals surface area contributed by atoms with Gasteiger partial charge < -0.3 is 20.5 Å². The SMILES string of the molecule is COc1cccc(C2(C(=O)O)CCN(C)CC2)c1N. The lowest BCUT2D eigenvalue weighted by atomic mass is 9.72. The molecule has 0 saturated carbocycles. The molecule has 3 N–H and O–H groups in total. The minimum Gasteiger partial charge on any atom is -0.495 e. The van der Waals surface area contributed by atoms with E-state index in [1.807, 2.05) is 7.05 Å². The van der Waals surface area contributed by atoms with Gasteiger partial charge in [0.1, 0.15) is 5.75 Å². The van der Waals surface area contributed by atoms with Crippen molar-refractivity contribution in [3.8, 4) is 5.75 Å². The lowest BCUT2D eigenvalue weighted by Gasteiger charge is -2.38. The Bertz CT molecular complexity index is 480. The number of anilines is 1. The molecule has 1 saturated heterocycles. The van der Waals surface area contributed by atoms with Crippen LogP contribution in [0.5, 0.6) is 5.75 Å². The van der Waals surface area contributed by atoms with Crippen LogP contribution in [0.4, 0.5) is 5.69 Å². The molecule has 0 radical (unpaired) electrons. The van der Waals surface area contributed by atoms with Crippen molar-refractivity contribution in [3.63, 3.8) is 0 Å². The zero-order valence-corrected chi connectivity index (χ0v) is 11.3. The van der Waals surface area contributed by atoms with Crippen LogP contribution < -0.4 is 10.5 Å². The Kier molecular flexibility index (Phi) is 3.66. The molecule has 1 aromatic carbocycles. The molecule has 1 heterocycles. The summed E-state index contributed by atoms with van der Waals surface area (Å²) in [7, 11) is 3.54. The van der Waals surface area contributed by atoms with E-state index in [0.29, 0.717) is 29.8 Å². The summed E-state index contributed by atoms with van der Waals surface area (Å²) in [5, 5.41) is 9.70. The molecule has 1 aliphatic rings. The fourth-order valence-electron chi connectivity index (χ4n) is 2.74.